The summed E-state index contributed by atoms with van der Waals surface area (Å²) < 4.78 is 63.0. The molecular formula is C16H20ClF3N3O3P. The van der Waals surface area contributed by atoms with Gasteiger partial charge in [0.2, 0.25) is 5.82 Å². The predicted molar refractivity (Wildman–Crippen MR) is 95.2 cm³/mol. The van der Waals surface area contributed by atoms with Crippen molar-refractivity contribution >= 4 is 19.1 Å². The van der Waals surface area contributed by atoms with E-state index in [1.807, 2.05) is 13.8 Å². The van der Waals surface area contributed by atoms with Crippen LogP contribution in [-0.2, 0) is 20.6 Å². The molecule has 0 aliphatic carbocycles. The summed E-state index contributed by atoms with van der Waals surface area (Å²) in [6.45, 7) is 6.25. The van der Waals surface area contributed by atoms with Crippen molar-refractivity contribution in [3.05, 3.63) is 35.5 Å². The Labute approximate surface area is 159 Å². The Balaban J connectivity index is 2.22. The first-order valence-electron chi connectivity index (χ1n) is 8.22. The fraction of sp³-hybridized carbons (Fsp3) is 0.500. The van der Waals surface area contributed by atoms with Gasteiger partial charge in [0, 0.05) is 12.1 Å². The maximum Gasteiger partial charge on any atom is 0.400 e. The number of halogens is 4. The van der Waals surface area contributed by atoms with E-state index in [1.54, 1.807) is 6.92 Å². The fourth-order valence-electron chi connectivity index (χ4n) is 2.17. The maximum absolute atomic E-state index is 14.5. The lowest BCUT2D eigenvalue weighted by molar-refractivity contribution is 0.0551. The summed E-state index contributed by atoms with van der Waals surface area (Å²) in [6.07, 6.45) is -0.156. The van der Waals surface area contributed by atoms with Gasteiger partial charge in [0.25, 0.3) is 7.52 Å². The Hall–Kier alpha value is -1.41. The lowest BCUT2D eigenvalue weighted by Gasteiger charge is -2.20. The molecule has 11 heteroatoms. The minimum absolute atomic E-state index is 0.119. The second-order valence-electron chi connectivity index (χ2n) is 6.23. The number of aromatic nitrogens is 2. The summed E-state index contributed by atoms with van der Waals surface area (Å²) in [5.41, 5.74) is 0.270. The first-order chi connectivity index (χ1) is 12.5. The van der Waals surface area contributed by atoms with E-state index >= 15 is 0 Å². The van der Waals surface area contributed by atoms with Crippen LogP contribution < -0.4 is 5.09 Å². The number of rotatable bonds is 9. The summed E-state index contributed by atoms with van der Waals surface area (Å²) in [5, 5.41) is 2.43. The third kappa shape index (κ3) is 6.04. The van der Waals surface area contributed by atoms with E-state index in [0.717, 1.165) is 6.07 Å². The molecule has 0 fully saturated rings. The zero-order valence-electron chi connectivity index (χ0n) is 15.0. The van der Waals surface area contributed by atoms with Gasteiger partial charge in [-0.2, -0.15) is 13.8 Å². The molecule has 2 rings (SSSR count). The highest BCUT2D eigenvalue weighted by molar-refractivity contribution is 7.56. The van der Waals surface area contributed by atoms with Crippen LogP contribution in [0.25, 0.3) is 11.4 Å². The highest BCUT2D eigenvalue weighted by atomic mass is 35.5. The molecule has 1 unspecified atom stereocenters. The molecule has 0 spiro atoms. The number of hydrogen-bond donors (Lipinski definition) is 1. The highest BCUT2D eigenvalue weighted by Gasteiger charge is 2.35. The second kappa shape index (κ2) is 8.73. The first kappa shape index (κ1) is 21.9. The molecule has 1 N–H and O–H groups in total. The Morgan fingerprint density at radius 2 is 2.11 bits per heavy atom. The lowest BCUT2D eigenvalue weighted by atomic mass is 10.1. The van der Waals surface area contributed by atoms with Crippen LogP contribution in [0.15, 0.2) is 22.7 Å². The predicted octanol–water partition coefficient (Wildman–Crippen LogP) is 5.14. The van der Waals surface area contributed by atoms with Crippen molar-refractivity contribution in [3.63, 3.8) is 0 Å². The van der Waals surface area contributed by atoms with Crippen molar-refractivity contribution < 1.29 is 26.8 Å². The zero-order valence-corrected chi connectivity index (χ0v) is 16.7. The van der Waals surface area contributed by atoms with Gasteiger partial charge < -0.3 is 9.05 Å². The normalized spacial score (nSPS) is 14.5. The van der Waals surface area contributed by atoms with Gasteiger partial charge in [0.15, 0.2) is 0 Å². The van der Waals surface area contributed by atoms with Gasteiger partial charge >= 0.3 is 11.3 Å². The van der Waals surface area contributed by atoms with Crippen LogP contribution in [0, 0.1) is 11.7 Å². The largest absolute Gasteiger partial charge is 0.400 e. The Morgan fingerprint density at radius 3 is 2.63 bits per heavy atom. The molecule has 1 heterocycles. The van der Waals surface area contributed by atoms with E-state index in [-0.39, 0.29) is 35.6 Å². The van der Waals surface area contributed by atoms with E-state index in [1.165, 1.54) is 12.1 Å². The molecule has 2 aromatic rings. The van der Waals surface area contributed by atoms with E-state index < -0.39 is 24.6 Å². The third-order valence-corrected chi connectivity index (χ3v) is 5.69. The molecule has 0 saturated carbocycles. The van der Waals surface area contributed by atoms with Gasteiger partial charge in [-0.05, 0) is 36.1 Å². The molecule has 6 nitrogen and oxygen atoms in total. The molecular weight excluding hydrogens is 406 g/mol. The minimum atomic E-state index is -3.81. The van der Waals surface area contributed by atoms with E-state index in [9.17, 15) is 17.7 Å². The van der Waals surface area contributed by atoms with Crippen LogP contribution in [-0.4, -0.2) is 23.3 Å². The minimum Gasteiger partial charge on any atom is -0.331 e. The SMILES string of the molecule is CCOP(=O)(Cc1ccc(-c2noc(C(F)(F)Cl)n2)cc1F)NCC(C)C. The van der Waals surface area contributed by atoms with E-state index in [2.05, 4.69) is 19.8 Å². The Bertz CT molecular complexity index is 827. The standard InChI is InChI=1S/C16H20ClF3N3O3P/c1-4-25-27(24,21-8-10(2)3)9-12-6-5-11(7-13(12)18)14-22-15(26-23-14)16(17,19)20/h5-7,10H,4,8-9H2,1-3H3,(H,21,24). The van der Waals surface area contributed by atoms with Gasteiger partial charge in [-0.25, -0.2) is 9.48 Å². The molecule has 1 aromatic heterocycles. The summed E-state index contributed by atoms with van der Waals surface area (Å²) in [7, 11) is -3.28. The number of benzene rings is 1. The first-order valence-corrected chi connectivity index (χ1v) is 10.4. The summed E-state index contributed by atoms with van der Waals surface area (Å²) in [4.78, 5) is 3.46. The van der Waals surface area contributed by atoms with Crippen molar-refractivity contribution in [2.45, 2.75) is 32.3 Å². The Kier molecular flexibility index (Phi) is 7.08. The molecule has 1 atom stereocenters. The zero-order chi connectivity index (χ0) is 20.2. The van der Waals surface area contributed by atoms with Crippen LogP contribution in [0.4, 0.5) is 13.2 Å². The van der Waals surface area contributed by atoms with Crippen LogP contribution in [0.5, 0.6) is 0 Å². The van der Waals surface area contributed by atoms with Crippen LogP contribution in [0.3, 0.4) is 0 Å². The number of alkyl halides is 3. The van der Waals surface area contributed by atoms with Crippen LogP contribution in [0.1, 0.15) is 32.2 Å². The van der Waals surface area contributed by atoms with Crippen LogP contribution in [0.2, 0.25) is 0 Å². The second-order valence-corrected chi connectivity index (χ2v) is 8.94. The van der Waals surface area contributed by atoms with Crippen molar-refractivity contribution in [2.24, 2.45) is 5.92 Å². The summed E-state index contributed by atoms with van der Waals surface area (Å²) in [5.74, 6) is -1.77. The van der Waals surface area contributed by atoms with Gasteiger partial charge in [0.05, 0.1) is 12.8 Å². The number of hydrogen-bond acceptors (Lipinski definition) is 5. The van der Waals surface area contributed by atoms with Gasteiger partial charge in [-0.1, -0.05) is 31.1 Å². The molecule has 0 aliphatic rings. The van der Waals surface area contributed by atoms with Crippen molar-refractivity contribution in [3.8, 4) is 11.4 Å². The van der Waals surface area contributed by atoms with Crippen molar-refractivity contribution in [2.75, 3.05) is 13.2 Å². The van der Waals surface area contributed by atoms with Gasteiger partial charge in [-0.15, -0.1) is 0 Å². The monoisotopic (exact) mass is 425 g/mol. The molecule has 0 aliphatic heterocycles. The van der Waals surface area contributed by atoms with E-state index in [0.29, 0.717) is 6.54 Å². The number of nitrogens with one attached hydrogen (secondary N) is 1. The number of nitrogens with zero attached hydrogens (tertiary/aromatic N) is 2. The fourth-order valence-corrected chi connectivity index (χ4v) is 4.31. The topological polar surface area (TPSA) is 77.2 Å². The third-order valence-electron chi connectivity index (χ3n) is 3.44. The summed E-state index contributed by atoms with van der Waals surface area (Å²) in [6, 6.07) is 3.84. The van der Waals surface area contributed by atoms with E-state index in [4.69, 9.17) is 16.1 Å². The molecule has 27 heavy (non-hydrogen) atoms. The van der Waals surface area contributed by atoms with Gasteiger partial charge in [-0.3, -0.25) is 4.57 Å². The molecule has 0 saturated heterocycles. The quantitative estimate of drug-likeness (QED) is 0.443. The average molecular weight is 426 g/mol. The smallest absolute Gasteiger partial charge is 0.331 e. The average Bonchev–Trinajstić information content (AvgIpc) is 3.06. The molecule has 0 bridgehead atoms. The summed E-state index contributed by atoms with van der Waals surface area (Å²) >= 11 is 4.81. The molecule has 0 amide bonds. The van der Waals surface area contributed by atoms with Crippen molar-refractivity contribution in [1.29, 1.82) is 0 Å². The maximum atomic E-state index is 14.5. The van der Waals surface area contributed by atoms with Crippen LogP contribution >= 0.6 is 19.1 Å². The molecule has 1 aromatic carbocycles. The van der Waals surface area contributed by atoms with Gasteiger partial charge in [0.1, 0.15) is 5.82 Å². The Morgan fingerprint density at radius 1 is 1.41 bits per heavy atom. The highest BCUT2D eigenvalue weighted by Crippen LogP contribution is 2.46. The van der Waals surface area contributed by atoms with Crippen molar-refractivity contribution in [1.82, 2.24) is 15.2 Å². The lowest BCUT2D eigenvalue weighted by Crippen LogP contribution is -2.19. The molecule has 0 radical (unpaired) electrons. The molecule has 150 valence electrons.